The van der Waals surface area contributed by atoms with E-state index in [-0.39, 0.29) is 30.7 Å². The Morgan fingerprint density at radius 3 is 2.43 bits per heavy atom. The molecule has 8 heteroatoms. The molecule has 2 saturated heterocycles. The summed E-state index contributed by atoms with van der Waals surface area (Å²) in [5.41, 5.74) is 2.18. The quantitative estimate of drug-likeness (QED) is 0.530. The molecular weight excluding hydrogens is 420 g/mol. The predicted octanol–water partition coefficient (Wildman–Crippen LogP) is 3.72. The molecule has 0 aromatic heterocycles. The van der Waals surface area contributed by atoms with Gasteiger partial charge in [0.25, 0.3) is 5.91 Å². The average Bonchev–Trinajstić information content (AvgIpc) is 2.99. The number of carbonyl (C=O) groups excluding carboxylic acids is 2. The van der Waals surface area contributed by atoms with Crippen molar-refractivity contribution in [2.75, 3.05) is 19.6 Å². The molecule has 2 fully saturated rings. The summed E-state index contributed by atoms with van der Waals surface area (Å²) < 4.78 is 0.461. The number of likely N-dealkylation sites (tertiary alicyclic amines) is 1. The van der Waals surface area contributed by atoms with Gasteiger partial charge in [-0.1, -0.05) is 62.1 Å². The number of amides is 2. The highest BCUT2D eigenvalue weighted by Crippen LogP contribution is 2.33. The van der Waals surface area contributed by atoms with Crippen LogP contribution in [0.25, 0.3) is 6.08 Å². The molecule has 2 amide bonds. The van der Waals surface area contributed by atoms with E-state index in [4.69, 9.17) is 17.3 Å². The third-order valence-electron chi connectivity index (χ3n) is 5.52. The zero-order chi connectivity index (χ0) is 21.8. The minimum absolute atomic E-state index is 0.0684. The van der Waals surface area contributed by atoms with E-state index in [1.54, 1.807) is 4.90 Å². The molecule has 0 saturated carbocycles. The highest BCUT2D eigenvalue weighted by Gasteiger charge is 2.33. The Kier molecular flexibility index (Phi) is 7.31. The van der Waals surface area contributed by atoms with Gasteiger partial charge in [0.1, 0.15) is 4.32 Å². The van der Waals surface area contributed by atoms with Gasteiger partial charge in [-0.3, -0.25) is 19.3 Å². The number of carbonyl (C=O) groups is 3. The van der Waals surface area contributed by atoms with Crippen LogP contribution >= 0.6 is 24.0 Å². The molecule has 0 radical (unpaired) electrons. The molecular formula is C22H26N2O4S2. The van der Waals surface area contributed by atoms with E-state index >= 15 is 0 Å². The number of piperidine rings is 1. The van der Waals surface area contributed by atoms with Gasteiger partial charge >= 0.3 is 5.97 Å². The summed E-state index contributed by atoms with van der Waals surface area (Å²) in [6.45, 7) is 5.40. The third-order valence-corrected chi connectivity index (χ3v) is 6.90. The van der Waals surface area contributed by atoms with Crippen LogP contribution in [0.15, 0.2) is 29.2 Å². The lowest BCUT2D eigenvalue weighted by molar-refractivity contribution is -0.145. The molecule has 1 aromatic carbocycles. The van der Waals surface area contributed by atoms with Gasteiger partial charge in [0.2, 0.25) is 5.91 Å². The first-order valence-corrected chi connectivity index (χ1v) is 11.3. The van der Waals surface area contributed by atoms with E-state index in [0.29, 0.717) is 41.1 Å². The fourth-order valence-corrected chi connectivity index (χ4v) is 4.87. The molecule has 0 aliphatic carbocycles. The molecule has 160 valence electrons. The van der Waals surface area contributed by atoms with Crippen molar-refractivity contribution in [2.24, 2.45) is 5.92 Å². The molecule has 6 nitrogen and oxygen atoms in total. The average molecular weight is 447 g/mol. The first-order chi connectivity index (χ1) is 14.3. The maximum Gasteiger partial charge on any atom is 0.306 e. The number of carboxylic acid groups (broad SMARTS) is 1. The number of aliphatic carboxylic acids is 1. The highest BCUT2D eigenvalue weighted by atomic mass is 32.2. The lowest BCUT2D eigenvalue weighted by atomic mass is 9.97. The van der Waals surface area contributed by atoms with E-state index in [9.17, 15) is 14.4 Å². The molecule has 0 bridgehead atoms. The van der Waals surface area contributed by atoms with E-state index in [1.165, 1.54) is 22.2 Å². The summed E-state index contributed by atoms with van der Waals surface area (Å²) in [7, 11) is 0. The Balaban J connectivity index is 1.56. The largest absolute Gasteiger partial charge is 0.481 e. The van der Waals surface area contributed by atoms with Crippen molar-refractivity contribution in [3.05, 3.63) is 40.3 Å². The SMILES string of the molecule is CC(C)c1ccc(C=C2SC(=S)N(CCC(=O)N3CCC(C(=O)O)CC3)C2=O)cc1. The fourth-order valence-electron chi connectivity index (χ4n) is 3.56. The standard InChI is InChI=1S/C22H26N2O4S2/c1-14(2)16-5-3-15(4-6-16)13-18-20(26)24(22(29)30-18)12-9-19(25)23-10-7-17(8-11-23)21(27)28/h3-6,13-14,17H,7-12H2,1-2H3,(H,27,28). The smallest absolute Gasteiger partial charge is 0.306 e. The Hall–Kier alpha value is -2.19. The Morgan fingerprint density at radius 1 is 1.23 bits per heavy atom. The number of hydrogen-bond donors (Lipinski definition) is 1. The summed E-state index contributed by atoms with van der Waals surface area (Å²) in [4.78, 5) is 40.0. The maximum atomic E-state index is 12.8. The van der Waals surface area contributed by atoms with Crippen LogP contribution in [-0.4, -0.2) is 56.6 Å². The van der Waals surface area contributed by atoms with Crippen LogP contribution in [-0.2, 0) is 14.4 Å². The van der Waals surface area contributed by atoms with Crippen molar-refractivity contribution < 1.29 is 19.5 Å². The summed E-state index contributed by atoms with van der Waals surface area (Å²) in [5, 5.41) is 9.07. The van der Waals surface area contributed by atoms with Gasteiger partial charge in [0.15, 0.2) is 0 Å². The van der Waals surface area contributed by atoms with Gasteiger partial charge in [-0.25, -0.2) is 0 Å². The number of hydrogen-bond acceptors (Lipinski definition) is 5. The van der Waals surface area contributed by atoms with Gasteiger partial charge in [-0.15, -0.1) is 0 Å². The van der Waals surface area contributed by atoms with Crippen molar-refractivity contribution in [3.8, 4) is 0 Å². The van der Waals surface area contributed by atoms with Crippen LogP contribution in [0.4, 0.5) is 0 Å². The zero-order valence-corrected chi connectivity index (χ0v) is 18.8. The van der Waals surface area contributed by atoms with Crippen LogP contribution in [0.2, 0.25) is 0 Å². The van der Waals surface area contributed by atoms with Crippen molar-refractivity contribution in [2.45, 2.75) is 39.0 Å². The monoisotopic (exact) mass is 446 g/mol. The first-order valence-electron chi connectivity index (χ1n) is 10.1. The van der Waals surface area contributed by atoms with E-state index < -0.39 is 5.97 Å². The Morgan fingerprint density at radius 2 is 1.87 bits per heavy atom. The number of carboxylic acids is 1. The fraction of sp³-hybridized carbons (Fsp3) is 0.455. The molecule has 0 unspecified atom stereocenters. The lowest BCUT2D eigenvalue weighted by Crippen LogP contribution is -2.41. The number of rotatable bonds is 6. The molecule has 3 rings (SSSR count). The van der Waals surface area contributed by atoms with Gasteiger partial charge in [0, 0.05) is 26.1 Å². The Labute approximate surface area is 186 Å². The number of benzene rings is 1. The zero-order valence-electron chi connectivity index (χ0n) is 17.2. The minimum atomic E-state index is -0.801. The number of thioether (sulfide) groups is 1. The maximum absolute atomic E-state index is 12.8. The van der Waals surface area contributed by atoms with Gasteiger partial charge in [-0.05, 0) is 36.0 Å². The second-order valence-corrected chi connectivity index (χ2v) is 9.57. The van der Waals surface area contributed by atoms with Crippen molar-refractivity contribution >= 4 is 52.2 Å². The molecule has 1 aromatic rings. The Bertz CT molecular complexity index is 872. The molecule has 0 atom stereocenters. The first kappa shape index (κ1) is 22.5. The molecule has 30 heavy (non-hydrogen) atoms. The second kappa shape index (κ2) is 9.75. The summed E-state index contributed by atoms with van der Waals surface area (Å²) in [6, 6.07) is 8.10. The minimum Gasteiger partial charge on any atom is -0.481 e. The topological polar surface area (TPSA) is 77.9 Å². The predicted molar refractivity (Wildman–Crippen MR) is 122 cm³/mol. The highest BCUT2D eigenvalue weighted by molar-refractivity contribution is 8.26. The summed E-state index contributed by atoms with van der Waals surface area (Å²) in [6.07, 6.45) is 2.96. The molecule has 1 N–H and O–H groups in total. The van der Waals surface area contributed by atoms with Gasteiger partial charge in [-0.2, -0.15) is 0 Å². The van der Waals surface area contributed by atoms with Crippen LogP contribution in [0.5, 0.6) is 0 Å². The summed E-state index contributed by atoms with van der Waals surface area (Å²) in [5.74, 6) is -0.966. The van der Waals surface area contributed by atoms with Gasteiger partial charge in [0.05, 0.1) is 10.8 Å². The van der Waals surface area contributed by atoms with Crippen LogP contribution in [0, 0.1) is 5.92 Å². The van der Waals surface area contributed by atoms with Crippen LogP contribution in [0.3, 0.4) is 0 Å². The summed E-state index contributed by atoms with van der Waals surface area (Å²) >= 11 is 6.61. The van der Waals surface area contributed by atoms with Crippen molar-refractivity contribution in [1.29, 1.82) is 0 Å². The van der Waals surface area contributed by atoms with E-state index in [0.717, 1.165) is 5.56 Å². The second-order valence-electron chi connectivity index (χ2n) is 7.90. The normalized spacial score (nSPS) is 19.2. The van der Waals surface area contributed by atoms with Crippen LogP contribution < -0.4 is 0 Å². The molecule has 2 aliphatic rings. The third kappa shape index (κ3) is 5.29. The molecule has 2 aliphatic heterocycles. The van der Waals surface area contributed by atoms with Crippen molar-refractivity contribution in [1.82, 2.24) is 9.80 Å². The van der Waals surface area contributed by atoms with Crippen molar-refractivity contribution in [3.63, 3.8) is 0 Å². The molecule has 0 spiro atoms. The van der Waals surface area contributed by atoms with E-state index in [2.05, 4.69) is 26.0 Å². The molecule has 2 heterocycles. The lowest BCUT2D eigenvalue weighted by Gasteiger charge is -2.30. The number of thiocarbonyl (C=S) groups is 1. The van der Waals surface area contributed by atoms with Crippen LogP contribution in [0.1, 0.15) is 50.2 Å². The van der Waals surface area contributed by atoms with E-state index in [1.807, 2.05) is 18.2 Å². The number of nitrogens with zero attached hydrogens (tertiary/aromatic N) is 2. The van der Waals surface area contributed by atoms with Gasteiger partial charge < -0.3 is 10.0 Å².